The molecular weight excluding hydrogens is 173 g/mol. The van der Waals surface area contributed by atoms with Gasteiger partial charge in [0.1, 0.15) is 5.82 Å². The molecule has 13 heavy (non-hydrogen) atoms. The summed E-state index contributed by atoms with van der Waals surface area (Å²) in [5, 5.41) is 0. The molecule has 0 bridgehead atoms. The molecule has 0 radical (unpaired) electrons. The second kappa shape index (κ2) is 3.43. The maximum absolute atomic E-state index is 13.3. The zero-order chi connectivity index (χ0) is 10.0. The number of carbonyl (C=O) groups excluding carboxylic acids is 1. The van der Waals surface area contributed by atoms with Gasteiger partial charge in [-0.15, -0.1) is 0 Å². The highest BCUT2D eigenvalue weighted by atomic mass is 19.1. The summed E-state index contributed by atoms with van der Waals surface area (Å²) in [6.07, 6.45) is 0. The van der Waals surface area contributed by atoms with Crippen LogP contribution in [0.15, 0.2) is 12.1 Å². The van der Waals surface area contributed by atoms with Crippen molar-refractivity contribution in [2.24, 2.45) is 0 Å². The zero-order valence-electron chi connectivity index (χ0n) is 7.43. The number of esters is 1. The molecule has 3 nitrogen and oxygen atoms in total. The van der Waals surface area contributed by atoms with Crippen molar-refractivity contribution in [1.82, 2.24) is 0 Å². The summed E-state index contributed by atoms with van der Waals surface area (Å²) < 4.78 is 17.7. The number of nitrogens with two attached hydrogens (primary N) is 1. The highest BCUT2D eigenvalue weighted by molar-refractivity contribution is 5.90. The molecule has 1 rings (SSSR count). The Morgan fingerprint density at radius 3 is 2.69 bits per heavy atom. The number of hydrogen-bond donors (Lipinski definition) is 1. The lowest BCUT2D eigenvalue weighted by molar-refractivity contribution is 0.0595. The van der Waals surface area contributed by atoms with E-state index in [9.17, 15) is 9.18 Å². The van der Waals surface area contributed by atoms with Crippen LogP contribution in [0.4, 0.5) is 10.1 Å². The van der Waals surface area contributed by atoms with Crippen LogP contribution in [-0.2, 0) is 4.74 Å². The normalized spacial score (nSPS) is 9.77. The molecule has 0 aliphatic rings. The summed E-state index contributed by atoms with van der Waals surface area (Å²) in [6, 6.07) is 2.79. The van der Waals surface area contributed by atoms with Gasteiger partial charge in [0.15, 0.2) is 0 Å². The van der Waals surface area contributed by atoms with Crippen LogP contribution in [0.1, 0.15) is 15.9 Å². The van der Waals surface area contributed by atoms with Crippen LogP contribution in [0.3, 0.4) is 0 Å². The minimum Gasteiger partial charge on any atom is -0.465 e. The highest BCUT2D eigenvalue weighted by Crippen LogP contribution is 2.18. The predicted octanol–water partition coefficient (Wildman–Crippen LogP) is 1.50. The van der Waals surface area contributed by atoms with Gasteiger partial charge in [-0.25, -0.2) is 9.18 Å². The highest BCUT2D eigenvalue weighted by Gasteiger charge is 2.14. The fraction of sp³-hybridized carbons (Fsp3) is 0.222. The molecule has 0 spiro atoms. The number of nitrogen functional groups attached to an aromatic ring is 1. The van der Waals surface area contributed by atoms with Crippen molar-refractivity contribution < 1.29 is 13.9 Å². The van der Waals surface area contributed by atoms with Crippen LogP contribution in [0.2, 0.25) is 0 Å². The smallest absolute Gasteiger partial charge is 0.340 e. The lowest BCUT2D eigenvalue weighted by Crippen LogP contribution is -2.07. The molecule has 4 heteroatoms. The van der Waals surface area contributed by atoms with Gasteiger partial charge >= 0.3 is 5.97 Å². The Labute approximate surface area is 75.3 Å². The first-order valence-electron chi connectivity index (χ1n) is 3.70. The number of benzene rings is 1. The van der Waals surface area contributed by atoms with Crippen molar-refractivity contribution in [3.63, 3.8) is 0 Å². The van der Waals surface area contributed by atoms with Crippen LogP contribution in [0.25, 0.3) is 0 Å². The van der Waals surface area contributed by atoms with Crippen LogP contribution in [-0.4, -0.2) is 13.1 Å². The molecule has 0 atom stereocenters. The second-order valence-corrected chi connectivity index (χ2v) is 2.63. The molecule has 0 unspecified atom stereocenters. The van der Waals surface area contributed by atoms with E-state index in [4.69, 9.17) is 5.73 Å². The molecule has 1 aromatic rings. The fourth-order valence-electron chi connectivity index (χ4n) is 0.968. The largest absolute Gasteiger partial charge is 0.465 e. The average Bonchev–Trinajstić information content (AvgIpc) is 2.13. The van der Waals surface area contributed by atoms with Gasteiger partial charge in [-0.1, -0.05) is 0 Å². The lowest BCUT2D eigenvalue weighted by Gasteiger charge is -2.05. The van der Waals surface area contributed by atoms with Gasteiger partial charge in [-0.2, -0.15) is 0 Å². The topological polar surface area (TPSA) is 52.3 Å². The van der Waals surface area contributed by atoms with E-state index in [1.54, 1.807) is 0 Å². The molecule has 70 valence electrons. The fourth-order valence-corrected chi connectivity index (χ4v) is 0.968. The van der Waals surface area contributed by atoms with E-state index in [0.717, 1.165) is 0 Å². The van der Waals surface area contributed by atoms with E-state index in [-0.39, 0.29) is 11.1 Å². The van der Waals surface area contributed by atoms with E-state index in [1.165, 1.54) is 26.2 Å². The van der Waals surface area contributed by atoms with Crippen molar-refractivity contribution in [2.45, 2.75) is 6.92 Å². The van der Waals surface area contributed by atoms with E-state index in [0.29, 0.717) is 5.69 Å². The number of ether oxygens (including phenoxy) is 1. The third kappa shape index (κ3) is 1.61. The van der Waals surface area contributed by atoms with Gasteiger partial charge in [0.25, 0.3) is 0 Å². The minimum absolute atomic E-state index is 0.0887. The molecule has 2 N–H and O–H groups in total. The first kappa shape index (κ1) is 9.51. The Morgan fingerprint density at radius 1 is 1.54 bits per heavy atom. The Balaban J connectivity index is 3.26. The van der Waals surface area contributed by atoms with Crippen LogP contribution >= 0.6 is 0 Å². The number of anilines is 1. The summed E-state index contributed by atoms with van der Waals surface area (Å²) in [5.41, 5.74) is 5.94. The molecule has 0 saturated carbocycles. The number of rotatable bonds is 1. The predicted molar refractivity (Wildman–Crippen MR) is 46.9 cm³/mol. The third-order valence-electron chi connectivity index (χ3n) is 1.83. The molecule has 0 aliphatic heterocycles. The van der Waals surface area contributed by atoms with Crippen molar-refractivity contribution in [3.8, 4) is 0 Å². The Morgan fingerprint density at radius 2 is 2.15 bits per heavy atom. The quantitative estimate of drug-likeness (QED) is 0.530. The second-order valence-electron chi connectivity index (χ2n) is 2.63. The average molecular weight is 183 g/mol. The first-order valence-corrected chi connectivity index (χ1v) is 3.70. The van der Waals surface area contributed by atoms with Crippen molar-refractivity contribution >= 4 is 11.7 Å². The van der Waals surface area contributed by atoms with Crippen LogP contribution in [0.5, 0.6) is 0 Å². The summed E-state index contributed by atoms with van der Waals surface area (Å²) in [6.45, 7) is 1.51. The van der Waals surface area contributed by atoms with Gasteiger partial charge in [-0.3, -0.25) is 0 Å². The van der Waals surface area contributed by atoms with E-state index in [2.05, 4.69) is 4.74 Å². The van der Waals surface area contributed by atoms with Gasteiger partial charge < -0.3 is 10.5 Å². The van der Waals surface area contributed by atoms with E-state index in [1.807, 2.05) is 0 Å². The number of carbonyl (C=O) groups is 1. The maximum Gasteiger partial charge on any atom is 0.340 e. The molecule has 0 amide bonds. The van der Waals surface area contributed by atoms with Crippen LogP contribution in [0, 0.1) is 12.7 Å². The molecule has 0 fully saturated rings. The molecule has 1 aromatic carbocycles. The Hall–Kier alpha value is -1.58. The maximum atomic E-state index is 13.3. The molecule has 0 saturated heterocycles. The van der Waals surface area contributed by atoms with E-state index >= 15 is 0 Å². The zero-order valence-corrected chi connectivity index (χ0v) is 7.43. The van der Waals surface area contributed by atoms with Crippen molar-refractivity contribution in [3.05, 3.63) is 29.1 Å². The monoisotopic (exact) mass is 183 g/mol. The van der Waals surface area contributed by atoms with E-state index < -0.39 is 11.8 Å². The standard InChI is InChI=1S/C9H10FNO2/c1-5-7(11)4-3-6(8(5)10)9(12)13-2/h3-4H,11H2,1-2H3. The van der Waals surface area contributed by atoms with Gasteiger partial charge in [-0.05, 0) is 19.1 Å². The van der Waals surface area contributed by atoms with Gasteiger partial charge in [0.05, 0.1) is 12.7 Å². The number of methoxy groups -OCH3 is 1. The number of hydrogen-bond acceptors (Lipinski definition) is 3. The number of halogens is 1. The summed E-state index contributed by atoms with van der Waals surface area (Å²) in [7, 11) is 1.20. The lowest BCUT2D eigenvalue weighted by atomic mass is 10.1. The SMILES string of the molecule is COC(=O)c1ccc(N)c(C)c1F. The third-order valence-corrected chi connectivity index (χ3v) is 1.83. The molecule has 0 aliphatic carbocycles. The first-order chi connectivity index (χ1) is 6.07. The van der Waals surface area contributed by atoms with Crippen molar-refractivity contribution in [2.75, 3.05) is 12.8 Å². The van der Waals surface area contributed by atoms with Gasteiger partial charge in [0, 0.05) is 11.3 Å². The Bertz CT molecular complexity index is 350. The molecule has 0 aromatic heterocycles. The minimum atomic E-state index is -0.694. The summed E-state index contributed by atoms with van der Waals surface area (Å²) in [5.74, 6) is -1.31. The summed E-state index contributed by atoms with van der Waals surface area (Å²) >= 11 is 0. The molecule has 0 heterocycles. The van der Waals surface area contributed by atoms with Crippen LogP contribution < -0.4 is 5.73 Å². The Kier molecular flexibility index (Phi) is 2.51. The van der Waals surface area contributed by atoms with Gasteiger partial charge in [0.2, 0.25) is 0 Å². The molecular formula is C9H10FNO2. The van der Waals surface area contributed by atoms with Crippen molar-refractivity contribution in [1.29, 1.82) is 0 Å². The summed E-state index contributed by atoms with van der Waals surface area (Å²) in [4.78, 5) is 11.0.